The van der Waals surface area contributed by atoms with Crippen LogP contribution in [0, 0.1) is 11.7 Å². The minimum absolute atomic E-state index is 0.148. The number of amides is 1. The number of piperidine rings is 1. The summed E-state index contributed by atoms with van der Waals surface area (Å²) in [4.78, 5) is 12.5. The second kappa shape index (κ2) is 7.43. The number of rotatable bonds is 5. The van der Waals surface area contributed by atoms with Gasteiger partial charge in [0.05, 0.1) is 5.54 Å². The third kappa shape index (κ3) is 4.11. The highest BCUT2D eigenvalue weighted by Crippen LogP contribution is 2.39. The van der Waals surface area contributed by atoms with E-state index in [-0.39, 0.29) is 17.3 Å². The lowest BCUT2D eigenvalue weighted by molar-refractivity contribution is -0.123. The van der Waals surface area contributed by atoms with E-state index in [1.165, 1.54) is 25.0 Å². The molecule has 0 unspecified atom stereocenters. The maximum absolute atomic E-state index is 13.2. The van der Waals surface area contributed by atoms with Crippen LogP contribution in [0.5, 0.6) is 0 Å². The second-order valence-electron chi connectivity index (χ2n) is 7.08. The molecule has 1 saturated carbocycles. The van der Waals surface area contributed by atoms with Crippen LogP contribution >= 0.6 is 0 Å². The highest BCUT2D eigenvalue weighted by atomic mass is 19.1. The molecule has 1 heterocycles. The zero-order chi connectivity index (χ0) is 16.1. The van der Waals surface area contributed by atoms with Gasteiger partial charge in [-0.3, -0.25) is 4.79 Å². The molecule has 3 nitrogen and oxygen atoms in total. The molecule has 0 bridgehead atoms. The Balaban J connectivity index is 1.60. The Kier molecular flexibility index (Phi) is 5.31. The lowest BCUT2D eigenvalue weighted by Crippen LogP contribution is -2.44. The molecule has 4 heteroatoms. The van der Waals surface area contributed by atoms with E-state index in [2.05, 4.69) is 10.6 Å². The minimum atomic E-state index is -0.279. The van der Waals surface area contributed by atoms with Crippen LogP contribution in [0.4, 0.5) is 4.39 Å². The van der Waals surface area contributed by atoms with E-state index in [0.717, 1.165) is 50.8 Å². The smallest absolute Gasteiger partial charge is 0.220 e. The quantitative estimate of drug-likeness (QED) is 0.872. The fourth-order valence-corrected chi connectivity index (χ4v) is 4.07. The number of nitrogens with one attached hydrogen (secondary N) is 2. The molecule has 23 heavy (non-hydrogen) atoms. The summed E-state index contributed by atoms with van der Waals surface area (Å²) in [6.07, 6.45) is 8.08. The van der Waals surface area contributed by atoms with Crippen LogP contribution in [-0.4, -0.2) is 19.0 Å². The average molecular weight is 318 g/mol. The molecular weight excluding hydrogens is 291 g/mol. The van der Waals surface area contributed by atoms with Gasteiger partial charge in [0.15, 0.2) is 0 Å². The summed E-state index contributed by atoms with van der Waals surface area (Å²) < 4.78 is 13.2. The van der Waals surface area contributed by atoms with Crippen LogP contribution in [0.15, 0.2) is 24.3 Å². The van der Waals surface area contributed by atoms with Crippen molar-refractivity contribution in [3.8, 4) is 0 Å². The first-order valence-corrected chi connectivity index (χ1v) is 8.96. The molecule has 1 aliphatic carbocycles. The summed E-state index contributed by atoms with van der Waals surface area (Å²) in [7, 11) is 0. The summed E-state index contributed by atoms with van der Waals surface area (Å²) in [5, 5.41) is 6.65. The highest BCUT2D eigenvalue weighted by Gasteiger charge is 2.36. The number of benzene rings is 1. The summed E-state index contributed by atoms with van der Waals surface area (Å²) in [5.74, 6) is 0.598. The van der Waals surface area contributed by atoms with Crippen molar-refractivity contribution in [3.63, 3.8) is 0 Å². The van der Waals surface area contributed by atoms with Gasteiger partial charge in [-0.15, -0.1) is 0 Å². The van der Waals surface area contributed by atoms with Gasteiger partial charge in [0.25, 0.3) is 0 Å². The molecule has 1 aromatic carbocycles. The molecule has 0 radical (unpaired) electrons. The fourth-order valence-electron chi connectivity index (χ4n) is 4.07. The van der Waals surface area contributed by atoms with E-state index < -0.39 is 0 Å². The number of hydrogen-bond donors (Lipinski definition) is 2. The van der Waals surface area contributed by atoms with E-state index in [1.807, 2.05) is 12.1 Å². The molecule has 2 fully saturated rings. The van der Waals surface area contributed by atoms with E-state index in [9.17, 15) is 9.18 Å². The average Bonchev–Trinajstić information content (AvgIpc) is 3.04. The van der Waals surface area contributed by atoms with Gasteiger partial charge in [-0.1, -0.05) is 25.0 Å². The van der Waals surface area contributed by atoms with Gasteiger partial charge in [-0.05, 0) is 68.8 Å². The summed E-state index contributed by atoms with van der Waals surface area (Å²) in [5.41, 5.74) is 0.769. The molecule has 0 spiro atoms. The van der Waals surface area contributed by atoms with Crippen LogP contribution in [-0.2, 0) is 10.3 Å². The Morgan fingerprint density at radius 2 is 1.83 bits per heavy atom. The number of carbonyl (C=O) groups excluding carboxylic acids is 1. The molecule has 3 rings (SSSR count). The Morgan fingerprint density at radius 3 is 2.48 bits per heavy atom. The normalized spacial score (nSPS) is 21.3. The first-order valence-electron chi connectivity index (χ1n) is 8.96. The third-order valence-electron chi connectivity index (χ3n) is 5.47. The van der Waals surface area contributed by atoms with Crippen LogP contribution in [0.2, 0.25) is 0 Å². The maximum atomic E-state index is 13.2. The van der Waals surface area contributed by atoms with E-state index in [0.29, 0.717) is 12.3 Å². The summed E-state index contributed by atoms with van der Waals surface area (Å²) in [6, 6.07) is 6.65. The van der Waals surface area contributed by atoms with Crippen molar-refractivity contribution in [1.82, 2.24) is 10.6 Å². The maximum Gasteiger partial charge on any atom is 0.220 e. The first kappa shape index (κ1) is 16.4. The zero-order valence-electron chi connectivity index (χ0n) is 13.7. The summed E-state index contributed by atoms with van der Waals surface area (Å²) >= 11 is 0. The SMILES string of the molecule is O=C(CCC1CCNCC1)NC1(c2ccc(F)cc2)CCCC1. The molecule has 0 atom stereocenters. The molecular formula is C19H27FN2O. The Morgan fingerprint density at radius 1 is 1.17 bits per heavy atom. The molecule has 2 aliphatic rings. The second-order valence-corrected chi connectivity index (χ2v) is 7.08. The topological polar surface area (TPSA) is 41.1 Å². The third-order valence-corrected chi connectivity index (χ3v) is 5.47. The number of carbonyl (C=O) groups is 1. The molecule has 1 aromatic rings. The monoisotopic (exact) mass is 318 g/mol. The van der Waals surface area contributed by atoms with Gasteiger partial charge in [0.2, 0.25) is 5.91 Å². The Labute approximate surface area is 138 Å². The van der Waals surface area contributed by atoms with Gasteiger partial charge in [0, 0.05) is 6.42 Å². The summed E-state index contributed by atoms with van der Waals surface area (Å²) in [6.45, 7) is 2.15. The van der Waals surface area contributed by atoms with Gasteiger partial charge < -0.3 is 10.6 Å². The van der Waals surface area contributed by atoms with Crippen molar-refractivity contribution < 1.29 is 9.18 Å². The standard InChI is InChI=1S/C19H27FN2O/c20-17-6-4-16(5-7-17)19(11-1-2-12-19)22-18(23)8-3-15-9-13-21-14-10-15/h4-7,15,21H,1-3,8-14H2,(H,22,23). The predicted molar refractivity (Wildman–Crippen MR) is 89.5 cm³/mol. The van der Waals surface area contributed by atoms with Crippen LogP contribution < -0.4 is 10.6 Å². The first-order chi connectivity index (χ1) is 11.2. The van der Waals surface area contributed by atoms with Crippen LogP contribution in [0.25, 0.3) is 0 Å². The highest BCUT2D eigenvalue weighted by molar-refractivity contribution is 5.77. The Bertz CT molecular complexity index is 517. The van der Waals surface area contributed by atoms with E-state index in [1.54, 1.807) is 0 Å². The zero-order valence-corrected chi connectivity index (χ0v) is 13.7. The minimum Gasteiger partial charge on any atom is -0.347 e. The molecule has 1 aliphatic heterocycles. The van der Waals surface area contributed by atoms with Crippen molar-refractivity contribution in [1.29, 1.82) is 0 Å². The van der Waals surface area contributed by atoms with E-state index >= 15 is 0 Å². The lowest BCUT2D eigenvalue weighted by atomic mass is 9.87. The molecule has 1 saturated heterocycles. The molecule has 126 valence electrons. The van der Waals surface area contributed by atoms with Crippen LogP contribution in [0.1, 0.15) is 56.9 Å². The van der Waals surface area contributed by atoms with Crippen molar-refractivity contribution in [2.45, 2.75) is 56.9 Å². The molecule has 1 amide bonds. The van der Waals surface area contributed by atoms with Gasteiger partial charge >= 0.3 is 0 Å². The van der Waals surface area contributed by atoms with Crippen molar-refractivity contribution in [3.05, 3.63) is 35.6 Å². The molecule has 2 N–H and O–H groups in total. The van der Waals surface area contributed by atoms with Gasteiger partial charge in [-0.25, -0.2) is 4.39 Å². The van der Waals surface area contributed by atoms with E-state index in [4.69, 9.17) is 0 Å². The number of halogens is 1. The van der Waals surface area contributed by atoms with Crippen LogP contribution in [0.3, 0.4) is 0 Å². The molecule has 0 aromatic heterocycles. The fraction of sp³-hybridized carbons (Fsp3) is 0.632. The van der Waals surface area contributed by atoms with Gasteiger partial charge in [-0.2, -0.15) is 0 Å². The predicted octanol–water partition coefficient (Wildman–Crippen LogP) is 3.49. The van der Waals surface area contributed by atoms with Gasteiger partial charge in [0.1, 0.15) is 5.82 Å². The van der Waals surface area contributed by atoms with Crippen molar-refractivity contribution in [2.24, 2.45) is 5.92 Å². The lowest BCUT2D eigenvalue weighted by Gasteiger charge is -2.31. The van der Waals surface area contributed by atoms with Crippen molar-refractivity contribution >= 4 is 5.91 Å². The largest absolute Gasteiger partial charge is 0.347 e. The van der Waals surface area contributed by atoms with Crippen molar-refractivity contribution in [2.75, 3.05) is 13.1 Å². The number of hydrogen-bond acceptors (Lipinski definition) is 2. The Hall–Kier alpha value is -1.42.